The molecular weight excluding hydrogens is 743 g/mol. The smallest absolute Gasteiger partial charge is 0.452 e. The molecule has 0 saturated heterocycles. The zero-order valence-electron chi connectivity index (χ0n) is 32.1. The van der Waals surface area contributed by atoms with Crippen LogP contribution in [0.25, 0.3) is 0 Å². The Balaban J connectivity index is 2.21. The topological polar surface area (TPSA) is 207 Å². The van der Waals surface area contributed by atoms with Crippen molar-refractivity contribution in [2.45, 2.75) is 104 Å². The Hall–Kier alpha value is -5.52. The Morgan fingerprint density at radius 3 is 1.77 bits per heavy atom. The van der Waals surface area contributed by atoms with Crippen molar-refractivity contribution in [1.82, 2.24) is 26.6 Å². The standard InChI is InChI=1S/C38H50F3N5O10/c1-7-26(32(49)38(39,40)41)44-34(51)27(18-30(48)55-21-25-16-12-9-13-17-25)43-29(47)19-42-33(50)28(22-54-20-24-14-10-8-11-15-24)45-35(52)31(23(2)3)46-36(53)56-37(4,5)6/h8-17,23,26-28,31H,7,18-22H2,1-6H3,(H,42,50)(H,43,47)(H,44,51)(H,45,52)(H,46,53)/t26-,27-,28-,31-/m0/s1. The molecule has 2 aromatic carbocycles. The number of alkyl carbamates (subject to hydrolysis) is 1. The lowest BCUT2D eigenvalue weighted by Crippen LogP contribution is -2.58. The molecule has 0 aliphatic heterocycles. The molecule has 0 aliphatic rings. The van der Waals surface area contributed by atoms with Crippen LogP contribution >= 0.6 is 0 Å². The number of rotatable bonds is 20. The highest BCUT2D eigenvalue weighted by molar-refractivity contribution is 5.97. The molecule has 5 amide bonds. The summed E-state index contributed by atoms with van der Waals surface area (Å²) in [6, 6.07) is 10.9. The Morgan fingerprint density at radius 1 is 0.696 bits per heavy atom. The minimum Gasteiger partial charge on any atom is -0.461 e. The van der Waals surface area contributed by atoms with E-state index in [2.05, 4.69) is 21.3 Å². The number of carbonyl (C=O) groups is 7. The number of ketones is 1. The van der Waals surface area contributed by atoms with E-state index in [0.29, 0.717) is 5.56 Å². The third-order valence-electron chi connectivity index (χ3n) is 7.66. The quantitative estimate of drug-likeness (QED) is 0.124. The summed E-state index contributed by atoms with van der Waals surface area (Å²) < 4.78 is 55.6. The summed E-state index contributed by atoms with van der Waals surface area (Å²) in [7, 11) is 0. The molecule has 308 valence electrons. The van der Waals surface area contributed by atoms with E-state index in [0.717, 1.165) is 5.56 Å². The van der Waals surface area contributed by atoms with Crippen molar-refractivity contribution in [3.8, 4) is 0 Å². The number of esters is 1. The first-order valence-electron chi connectivity index (χ1n) is 17.8. The van der Waals surface area contributed by atoms with Crippen LogP contribution in [0.4, 0.5) is 18.0 Å². The molecule has 0 fully saturated rings. The molecule has 0 bridgehead atoms. The molecule has 0 saturated carbocycles. The molecular formula is C38H50F3N5O10. The van der Waals surface area contributed by atoms with Gasteiger partial charge in [-0.3, -0.25) is 28.8 Å². The number of Topliss-reactive ketones (excluding diaryl/α,β-unsaturated/α-hetero) is 1. The van der Waals surface area contributed by atoms with E-state index in [1.807, 2.05) is 5.32 Å². The third kappa shape index (κ3) is 17.3. The molecule has 0 radical (unpaired) electrons. The number of hydrogen-bond acceptors (Lipinski definition) is 10. The van der Waals surface area contributed by atoms with Crippen molar-refractivity contribution in [3.05, 3.63) is 71.8 Å². The highest BCUT2D eigenvalue weighted by Gasteiger charge is 2.44. The Labute approximate surface area is 323 Å². The fraction of sp³-hybridized carbons (Fsp3) is 0.500. The van der Waals surface area contributed by atoms with Gasteiger partial charge < -0.3 is 40.8 Å². The molecule has 4 atom stereocenters. The van der Waals surface area contributed by atoms with Crippen molar-refractivity contribution in [3.63, 3.8) is 0 Å². The molecule has 0 heterocycles. The van der Waals surface area contributed by atoms with Gasteiger partial charge in [0.15, 0.2) is 0 Å². The van der Waals surface area contributed by atoms with E-state index >= 15 is 0 Å². The van der Waals surface area contributed by atoms with E-state index < -0.39 is 109 Å². The zero-order chi connectivity index (χ0) is 42.1. The van der Waals surface area contributed by atoms with Crippen LogP contribution in [-0.4, -0.2) is 90.6 Å². The molecule has 0 unspecified atom stereocenters. The number of alkyl halides is 3. The van der Waals surface area contributed by atoms with Crippen molar-refractivity contribution in [2.75, 3.05) is 13.2 Å². The predicted octanol–water partition coefficient (Wildman–Crippen LogP) is 3.00. The van der Waals surface area contributed by atoms with Gasteiger partial charge >= 0.3 is 18.2 Å². The second-order valence-electron chi connectivity index (χ2n) is 13.9. The van der Waals surface area contributed by atoms with Crippen LogP contribution in [0.15, 0.2) is 60.7 Å². The van der Waals surface area contributed by atoms with E-state index in [1.165, 1.54) is 6.92 Å². The fourth-order valence-corrected chi connectivity index (χ4v) is 4.81. The van der Waals surface area contributed by atoms with Crippen LogP contribution in [0, 0.1) is 5.92 Å². The van der Waals surface area contributed by atoms with Crippen LogP contribution in [-0.2, 0) is 56.2 Å². The molecule has 2 aromatic rings. The van der Waals surface area contributed by atoms with Gasteiger partial charge in [0.25, 0.3) is 5.78 Å². The van der Waals surface area contributed by atoms with Crippen LogP contribution in [0.2, 0.25) is 0 Å². The summed E-state index contributed by atoms with van der Waals surface area (Å²) >= 11 is 0. The van der Waals surface area contributed by atoms with Gasteiger partial charge in [0.05, 0.1) is 32.2 Å². The largest absolute Gasteiger partial charge is 0.461 e. The van der Waals surface area contributed by atoms with Crippen LogP contribution in [0.5, 0.6) is 0 Å². The van der Waals surface area contributed by atoms with E-state index in [4.69, 9.17) is 14.2 Å². The average molecular weight is 794 g/mol. The summed E-state index contributed by atoms with van der Waals surface area (Å²) in [5, 5.41) is 11.4. The van der Waals surface area contributed by atoms with Crippen molar-refractivity contribution in [1.29, 1.82) is 0 Å². The first-order valence-corrected chi connectivity index (χ1v) is 17.8. The number of hydrogen-bond donors (Lipinski definition) is 5. The van der Waals surface area contributed by atoms with Crippen LogP contribution in [0.3, 0.4) is 0 Å². The second-order valence-corrected chi connectivity index (χ2v) is 13.9. The van der Waals surface area contributed by atoms with Gasteiger partial charge in [0, 0.05) is 0 Å². The summed E-state index contributed by atoms with van der Waals surface area (Å²) in [5.74, 6) is -7.76. The zero-order valence-corrected chi connectivity index (χ0v) is 32.1. The number of amides is 5. The van der Waals surface area contributed by atoms with Gasteiger partial charge in [-0.25, -0.2) is 4.79 Å². The van der Waals surface area contributed by atoms with Gasteiger partial charge in [0.2, 0.25) is 23.6 Å². The van der Waals surface area contributed by atoms with Crippen LogP contribution in [0.1, 0.15) is 65.5 Å². The number of halogens is 3. The summed E-state index contributed by atoms with van der Waals surface area (Å²) in [6.45, 7) is 8.04. The average Bonchev–Trinajstić information content (AvgIpc) is 3.12. The van der Waals surface area contributed by atoms with E-state index in [9.17, 15) is 46.7 Å². The molecule has 0 aliphatic carbocycles. The minimum atomic E-state index is -5.27. The Morgan fingerprint density at radius 2 is 1.25 bits per heavy atom. The van der Waals surface area contributed by atoms with Gasteiger partial charge in [0.1, 0.15) is 30.3 Å². The highest BCUT2D eigenvalue weighted by atomic mass is 19.4. The lowest BCUT2D eigenvalue weighted by molar-refractivity contribution is -0.173. The summed E-state index contributed by atoms with van der Waals surface area (Å²) in [6.07, 6.45) is -7.45. The number of nitrogens with one attached hydrogen (secondary N) is 5. The predicted molar refractivity (Wildman–Crippen MR) is 195 cm³/mol. The first-order chi connectivity index (χ1) is 26.2. The molecule has 0 aromatic heterocycles. The maximum atomic E-state index is 13.4. The first kappa shape index (κ1) is 46.6. The third-order valence-corrected chi connectivity index (χ3v) is 7.66. The van der Waals surface area contributed by atoms with Gasteiger partial charge in [-0.2, -0.15) is 13.2 Å². The molecule has 0 spiro atoms. The number of carbonyl (C=O) groups excluding carboxylic acids is 7. The fourth-order valence-electron chi connectivity index (χ4n) is 4.81. The van der Waals surface area contributed by atoms with Gasteiger partial charge in [-0.1, -0.05) is 81.4 Å². The molecule has 2 rings (SSSR count). The van der Waals surface area contributed by atoms with E-state index in [-0.39, 0.29) is 13.2 Å². The molecule has 5 N–H and O–H groups in total. The normalized spacial score (nSPS) is 13.6. The van der Waals surface area contributed by atoms with Crippen molar-refractivity contribution < 1.29 is 60.9 Å². The number of benzene rings is 2. The lowest BCUT2D eigenvalue weighted by Gasteiger charge is -2.27. The van der Waals surface area contributed by atoms with Crippen LogP contribution < -0.4 is 26.6 Å². The summed E-state index contributed by atoms with van der Waals surface area (Å²) in [4.78, 5) is 90.0. The lowest BCUT2D eigenvalue weighted by atomic mass is 10.0. The Kier molecular flexibility index (Phi) is 18.4. The van der Waals surface area contributed by atoms with Gasteiger partial charge in [-0.05, 0) is 44.2 Å². The highest BCUT2D eigenvalue weighted by Crippen LogP contribution is 2.19. The SMILES string of the molecule is CC[C@H](NC(=O)[C@H](CC(=O)OCc1ccccc1)NC(=O)CNC(=O)[C@H](COCc1ccccc1)NC(=O)[C@@H](NC(=O)OC(C)(C)C)C(C)C)C(=O)C(F)(F)F. The monoisotopic (exact) mass is 793 g/mol. The van der Waals surface area contributed by atoms with Crippen molar-refractivity contribution in [2.24, 2.45) is 5.92 Å². The van der Waals surface area contributed by atoms with E-state index in [1.54, 1.807) is 95.3 Å². The molecule has 15 nitrogen and oxygen atoms in total. The van der Waals surface area contributed by atoms with Gasteiger partial charge in [-0.15, -0.1) is 0 Å². The minimum absolute atomic E-state index is 0.0392. The summed E-state index contributed by atoms with van der Waals surface area (Å²) in [5.41, 5.74) is 0.472. The number of ether oxygens (including phenoxy) is 3. The Bertz CT molecular complexity index is 1640. The maximum absolute atomic E-state index is 13.4. The molecule has 56 heavy (non-hydrogen) atoms. The van der Waals surface area contributed by atoms with Crippen molar-refractivity contribution >= 4 is 41.5 Å². The molecule has 18 heteroatoms. The maximum Gasteiger partial charge on any atom is 0.452 e. The second kappa shape index (κ2) is 22.1.